The molecule has 5 heteroatoms. The molecule has 2 aromatic rings. The highest BCUT2D eigenvalue weighted by atomic mass is 79.9. The summed E-state index contributed by atoms with van der Waals surface area (Å²) in [4.78, 5) is 12.0. The normalized spacial score (nSPS) is 10.4. The van der Waals surface area contributed by atoms with Gasteiger partial charge in [0.15, 0.2) is 17.4 Å². The smallest absolute Gasteiger partial charge is 0.197 e. The van der Waals surface area contributed by atoms with Crippen molar-refractivity contribution in [2.45, 2.75) is 0 Å². The number of hydrogen-bond donors (Lipinski definition) is 0. The summed E-state index contributed by atoms with van der Waals surface area (Å²) < 4.78 is 39.7. The van der Waals surface area contributed by atoms with Gasteiger partial charge in [-0.15, -0.1) is 0 Å². The monoisotopic (exact) mass is 314 g/mol. The zero-order valence-corrected chi connectivity index (χ0v) is 10.5. The van der Waals surface area contributed by atoms with Crippen LogP contribution in [0.1, 0.15) is 15.9 Å². The summed E-state index contributed by atoms with van der Waals surface area (Å²) in [7, 11) is 0. The predicted molar refractivity (Wildman–Crippen MR) is 63.9 cm³/mol. The Bertz CT molecular complexity index is 626. The Morgan fingerprint density at radius 2 is 1.50 bits per heavy atom. The summed E-state index contributed by atoms with van der Waals surface area (Å²) in [5.41, 5.74) is -0.316. The molecule has 0 bridgehead atoms. The lowest BCUT2D eigenvalue weighted by Crippen LogP contribution is -2.06. The Kier molecular flexibility index (Phi) is 3.52. The first-order chi connectivity index (χ1) is 8.50. The molecule has 18 heavy (non-hydrogen) atoms. The average molecular weight is 315 g/mol. The number of hydrogen-bond acceptors (Lipinski definition) is 1. The van der Waals surface area contributed by atoms with Gasteiger partial charge in [0, 0.05) is 16.1 Å². The molecule has 1 nitrogen and oxygen atoms in total. The van der Waals surface area contributed by atoms with Crippen LogP contribution >= 0.6 is 15.9 Å². The molecule has 0 radical (unpaired) electrons. The molecule has 0 N–H and O–H groups in total. The number of rotatable bonds is 2. The van der Waals surface area contributed by atoms with Gasteiger partial charge in [-0.2, -0.15) is 0 Å². The zero-order valence-electron chi connectivity index (χ0n) is 8.88. The van der Waals surface area contributed by atoms with Crippen LogP contribution in [0.2, 0.25) is 0 Å². The third-order valence-electron chi connectivity index (χ3n) is 2.37. The first kappa shape index (κ1) is 12.8. The molecule has 0 fully saturated rings. The number of carbonyl (C=O) groups excluding carboxylic acids is 1. The Labute approximate surface area is 109 Å². The van der Waals surface area contributed by atoms with Gasteiger partial charge in [-0.05, 0) is 18.2 Å². The second-order valence-electron chi connectivity index (χ2n) is 3.56. The maximum Gasteiger partial charge on any atom is 0.197 e. The van der Waals surface area contributed by atoms with Gasteiger partial charge >= 0.3 is 0 Å². The molecule has 92 valence electrons. The standard InChI is InChI=1S/C13H6BrF3O/c14-9-4-2-1-3-7(9)13(18)8-5-11(16)12(17)6-10(8)15/h1-6H. The predicted octanol–water partition coefficient (Wildman–Crippen LogP) is 4.10. The van der Waals surface area contributed by atoms with E-state index in [4.69, 9.17) is 0 Å². The molecule has 0 aliphatic heterocycles. The molecule has 2 rings (SSSR count). The van der Waals surface area contributed by atoms with Crippen molar-refractivity contribution in [1.82, 2.24) is 0 Å². The third kappa shape index (κ3) is 2.31. The van der Waals surface area contributed by atoms with E-state index in [-0.39, 0.29) is 5.56 Å². The van der Waals surface area contributed by atoms with Crippen LogP contribution < -0.4 is 0 Å². The van der Waals surface area contributed by atoms with E-state index in [1.807, 2.05) is 0 Å². The van der Waals surface area contributed by atoms with Gasteiger partial charge in [-0.1, -0.05) is 28.1 Å². The summed E-state index contributed by atoms with van der Waals surface area (Å²) in [6, 6.07) is 7.27. The van der Waals surface area contributed by atoms with Crippen molar-refractivity contribution >= 4 is 21.7 Å². The molecule has 2 aromatic carbocycles. The Morgan fingerprint density at radius 1 is 0.889 bits per heavy atom. The highest BCUT2D eigenvalue weighted by molar-refractivity contribution is 9.10. The van der Waals surface area contributed by atoms with Gasteiger partial charge in [0.1, 0.15) is 5.82 Å². The van der Waals surface area contributed by atoms with Gasteiger partial charge in [0.2, 0.25) is 0 Å². The van der Waals surface area contributed by atoms with Crippen LogP contribution in [0.25, 0.3) is 0 Å². The topological polar surface area (TPSA) is 17.1 Å². The van der Waals surface area contributed by atoms with Gasteiger partial charge in [0.25, 0.3) is 0 Å². The number of benzene rings is 2. The maximum atomic E-state index is 13.5. The Morgan fingerprint density at radius 3 is 2.17 bits per heavy atom. The van der Waals surface area contributed by atoms with Crippen LogP contribution in [0.4, 0.5) is 13.2 Å². The Hall–Kier alpha value is -1.62. The second-order valence-corrected chi connectivity index (χ2v) is 4.41. The van der Waals surface area contributed by atoms with Gasteiger partial charge < -0.3 is 0 Å². The minimum absolute atomic E-state index is 0.183. The zero-order chi connectivity index (χ0) is 13.3. The van der Waals surface area contributed by atoms with E-state index in [1.54, 1.807) is 18.2 Å². The fourth-order valence-electron chi connectivity index (χ4n) is 1.49. The molecule has 0 saturated heterocycles. The van der Waals surface area contributed by atoms with Crippen molar-refractivity contribution < 1.29 is 18.0 Å². The van der Waals surface area contributed by atoms with Crippen molar-refractivity contribution in [3.05, 3.63) is 69.4 Å². The molecule has 0 atom stereocenters. The van der Waals surface area contributed by atoms with Crippen molar-refractivity contribution in [3.8, 4) is 0 Å². The molecule has 0 saturated carbocycles. The minimum atomic E-state index is -1.32. The molecule has 0 amide bonds. The second kappa shape index (κ2) is 4.94. The van der Waals surface area contributed by atoms with Crippen LogP contribution in [0.3, 0.4) is 0 Å². The third-order valence-corrected chi connectivity index (χ3v) is 3.06. The lowest BCUT2D eigenvalue weighted by molar-refractivity contribution is 0.103. The van der Waals surface area contributed by atoms with Crippen LogP contribution in [0, 0.1) is 17.5 Å². The number of halogens is 4. The van der Waals surface area contributed by atoms with Crippen molar-refractivity contribution in [2.24, 2.45) is 0 Å². The minimum Gasteiger partial charge on any atom is -0.288 e. The van der Waals surface area contributed by atoms with E-state index in [2.05, 4.69) is 15.9 Å². The summed E-state index contributed by atoms with van der Waals surface area (Å²) in [6.07, 6.45) is 0. The summed E-state index contributed by atoms with van der Waals surface area (Å²) in [5, 5.41) is 0. The highest BCUT2D eigenvalue weighted by Crippen LogP contribution is 2.22. The van der Waals surface area contributed by atoms with E-state index < -0.39 is 28.8 Å². The van der Waals surface area contributed by atoms with E-state index in [0.717, 1.165) is 0 Å². The van der Waals surface area contributed by atoms with Gasteiger partial charge in [-0.25, -0.2) is 13.2 Å². The van der Waals surface area contributed by atoms with Crippen LogP contribution in [0.15, 0.2) is 40.9 Å². The number of carbonyl (C=O) groups is 1. The fourth-order valence-corrected chi connectivity index (χ4v) is 1.95. The molecular weight excluding hydrogens is 309 g/mol. The fraction of sp³-hybridized carbons (Fsp3) is 0. The lowest BCUT2D eigenvalue weighted by Gasteiger charge is -2.05. The largest absolute Gasteiger partial charge is 0.288 e. The van der Waals surface area contributed by atoms with Crippen LogP contribution in [0.5, 0.6) is 0 Å². The molecule has 0 heterocycles. The van der Waals surface area contributed by atoms with Gasteiger partial charge in [0.05, 0.1) is 5.56 Å². The van der Waals surface area contributed by atoms with E-state index >= 15 is 0 Å². The maximum absolute atomic E-state index is 13.5. The van der Waals surface area contributed by atoms with E-state index in [1.165, 1.54) is 6.07 Å². The molecule has 0 spiro atoms. The van der Waals surface area contributed by atoms with Crippen molar-refractivity contribution in [3.63, 3.8) is 0 Å². The van der Waals surface area contributed by atoms with Crippen LogP contribution in [-0.2, 0) is 0 Å². The van der Waals surface area contributed by atoms with Crippen molar-refractivity contribution in [1.29, 1.82) is 0 Å². The molecule has 0 aliphatic rings. The highest BCUT2D eigenvalue weighted by Gasteiger charge is 2.19. The van der Waals surface area contributed by atoms with E-state index in [9.17, 15) is 18.0 Å². The first-order valence-electron chi connectivity index (χ1n) is 4.94. The molecular formula is C13H6BrF3O. The van der Waals surface area contributed by atoms with Crippen LogP contribution in [-0.4, -0.2) is 5.78 Å². The summed E-state index contributed by atoms with van der Waals surface area (Å²) in [5.74, 6) is -4.38. The van der Waals surface area contributed by atoms with E-state index in [0.29, 0.717) is 16.6 Å². The number of ketones is 1. The Balaban J connectivity index is 2.53. The molecule has 0 unspecified atom stereocenters. The lowest BCUT2D eigenvalue weighted by atomic mass is 10.0. The van der Waals surface area contributed by atoms with Crippen molar-refractivity contribution in [2.75, 3.05) is 0 Å². The average Bonchev–Trinajstić information content (AvgIpc) is 2.33. The molecule has 0 aromatic heterocycles. The summed E-state index contributed by atoms with van der Waals surface area (Å²) >= 11 is 3.14. The molecule has 0 aliphatic carbocycles. The summed E-state index contributed by atoms with van der Waals surface area (Å²) in [6.45, 7) is 0. The van der Waals surface area contributed by atoms with Gasteiger partial charge in [-0.3, -0.25) is 4.79 Å². The quantitative estimate of drug-likeness (QED) is 0.602. The SMILES string of the molecule is O=C(c1cc(F)c(F)cc1F)c1ccccc1Br. The first-order valence-corrected chi connectivity index (χ1v) is 5.74.